The Labute approximate surface area is 142 Å². The molecule has 24 heavy (non-hydrogen) atoms. The minimum Gasteiger partial charge on any atom is -0.481 e. The summed E-state index contributed by atoms with van der Waals surface area (Å²) in [4.78, 5) is 27.7. The largest absolute Gasteiger partial charge is 0.481 e. The SMILES string of the molecule is Cc1cnn(CCCN2CCC3(CC2)[C@@H](C(=O)O)CC(=O)N3C)c1. The van der Waals surface area contributed by atoms with E-state index in [4.69, 9.17) is 0 Å². The molecule has 7 heteroatoms. The van der Waals surface area contributed by atoms with Gasteiger partial charge in [0.2, 0.25) is 5.91 Å². The average Bonchev–Trinajstić information content (AvgIpc) is 3.07. The molecule has 0 aromatic carbocycles. The van der Waals surface area contributed by atoms with Crippen molar-refractivity contribution in [2.24, 2.45) is 5.92 Å². The third-order valence-corrected chi connectivity index (χ3v) is 5.71. The molecule has 2 fully saturated rings. The molecule has 1 spiro atoms. The number of carboxylic acid groups (broad SMARTS) is 1. The lowest BCUT2D eigenvalue weighted by atomic mass is 9.77. The smallest absolute Gasteiger partial charge is 0.309 e. The van der Waals surface area contributed by atoms with Crippen molar-refractivity contribution < 1.29 is 14.7 Å². The number of nitrogens with zero attached hydrogens (tertiary/aromatic N) is 4. The highest BCUT2D eigenvalue weighted by molar-refractivity contribution is 5.88. The van der Waals surface area contributed by atoms with Crippen LogP contribution in [0.1, 0.15) is 31.2 Å². The molecule has 2 aliphatic heterocycles. The fourth-order valence-corrected chi connectivity index (χ4v) is 4.19. The van der Waals surface area contributed by atoms with Gasteiger partial charge in [0.1, 0.15) is 0 Å². The lowest BCUT2D eigenvalue weighted by molar-refractivity contribution is -0.146. The Morgan fingerprint density at radius 3 is 2.67 bits per heavy atom. The van der Waals surface area contributed by atoms with Crippen LogP contribution in [0.4, 0.5) is 0 Å². The van der Waals surface area contributed by atoms with E-state index in [0.29, 0.717) is 0 Å². The number of carbonyl (C=O) groups is 2. The number of hydrogen-bond donors (Lipinski definition) is 1. The van der Waals surface area contributed by atoms with Crippen LogP contribution in [-0.4, -0.2) is 68.8 Å². The maximum absolute atomic E-state index is 12.0. The number of hydrogen-bond acceptors (Lipinski definition) is 4. The van der Waals surface area contributed by atoms with Crippen LogP contribution >= 0.6 is 0 Å². The zero-order valence-corrected chi connectivity index (χ0v) is 14.4. The molecule has 1 aromatic rings. The Morgan fingerprint density at radius 2 is 2.08 bits per heavy atom. The molecule has 0 saturated carbocycles. The summed E-state index contributed by atoms with van der Waals surface area (Å²) in [6.45, 7) is 5.60. The molecule has 3 heterocycles. The van der Waals surface area contributed by atoms with Gasteiger partial charge < -0.3 is 14.9 Å². The zero-order valence-electron chi connectivity index (χ0n) is 14.4. The minimum atomic E-state index is -0.838. The summed E-state index contributed by atoms with van der Waals surface area (Å²) in [6.07, 6.45) is 6.56. The summed E-state index contributed by atoms with van der Waals surface area (Å²) in [5, 5.41) is 13.8. The van der Waals surface area contributed by atoms with Crippen LogP contribution in [0.2, 0.25) is 0 Å². The normalized spacial score (nSPS) is 24.0. The molecule has 132 valence electrons. The monoisotopic (exact) mass is 334 g/mol. The van der Waals surface area contributed by atoms with Crippen molar-refractivity contribution in [1.29, 1.82) is 0 Å². The van der Waals surface area contributed by atoms with Crippen molar-refractivity contribution in [1.82, 2.24) is 19.6 Å². The molecule has 2 aliphatic rings. The van der Waals surface area contributed by atoms with Crippen molar-refractivity contribution in [3.8, 4) is 0 Å². The first-order valence-corrected chi connectivity index (χ1v) is 8.63. The summed E-state index contributed by atoms with van der Waals surface area (Å²) in [7, 11) is 1.76. The Balaban J connectivity index is 1.53. The van der Waals surface area contributed by atoms with E-state index in [1.165, 1.54) is 5.56 Å². The van der Waals surface area contributed by atoms with Crippen molar-refractivity contribution in [2.45, 2.75) is 44.7 Å². The first-order chi connectivity index (χ1) is 11.4. The fraction of sp³-hybridized carbons (Fsp3) is 0.706. The van der Waals surface area contributed by atoms with Gasteiger partial charge >= 0.3 is 5.97 Å². The van der Waals surface area contributed by atoms with E-state index >= 15 is 0 Å². The molecule has 1 N–H and O–H groups in total. The van der Waals surface area contributed by atoms with E-state index in [0.717, 1.165) is 45.4 Å². The molecule has 7 nitrogen and oxygen atoms in total. The Morgan fingerprint density at radius 1 is 1.38 bits per heavy atom. The van der Waals surface area contributed by atoms with Crippen LogP contribution in [0.3, 0.4) is 0 Å². The van der Waals surface area contributed by atoms with Gasteiger partial charge in [-0.2, -0.15) is 5.10 Å². The fourth-order valence-electron chi connectivity index (χ4n) is 4.19. The number of likely N-dealkylation sites (tertiary alicyclic amines) is 2. The maximum atomic E-state index is 12.0. The quantitative estimate of drug-likeness (QED) is 0.868. The van der Waals surface area contributed by atoms with Crippen LogP contribution in [0.25, 0.3) is 0 Å². The number of piperidine rings is 1. The van der Waals surface area contributed by atoms with Gasteiger partial charge in [0.25, 0.3) is 0 Å². The molecule has 0 unspecified atom stereocenters. The Kier molecular flexibility index (Phi) is 4.62. The van der Waals surface area contributed by atoms with E-state index in [2.05, 4.69) is 10.00 Å². The van der Waals surface area contributed by atoms with Gasteiger partial charge in [0, 0.05) is 39.3 Å². The Hall–Kier alpha value is -1.89. The van der Waals surface area contributed by atoms with Crippen LogP contribution in [0, 0.1) is 12.8 Å². The number of rotatable bonds is 5. The highest BCUT2D eigenvalue weighted by atomic mass is 16.4. The van der Waals surface area contributed by atoms with Crippen LogP contribution in [0.5, 0.6) is 0 Å². The van der Waals surface area contributed by atoms with Crippen LogP contribution in [-0.2, 0) is 16.1 Å². The van der Waals surface area contributed by atoms with Gasteiger partial charge in [-0.25, -0.2) is 0 Å². The summed E-state index contributed by atoms with van der Waals surface area (Å²) >= 11 is 0. The standard InChI is InChI=1S/C17H26N4O3/c1-13-11-18-21(12-13)7-3-6-20-8-4-17(5-9-20)14(16(23)24)10-15(22)19(17)2/h11-12,14H,3-10H2,1-2H3,(H,23,24)/t14-/m1/s1. The maximum Gasteiger partial charge on any atom is 0.309 e. The summed E-state index contributed by atoms with van der Waals surface area (Å²) in [6, 6.07) is 0. The zero-order chi connectivity index (χ0) is 17.3. The molecule has 1 aromatic heterocycles. The first-order valence-electron chi connectivity index (χ1n) is 8.63. The number of aryl methyl sites for hydroxylation is 2. The van der Waals surface area contributed by atoms with Crippen molar-refractivity contribution in [3.05, 3.63) is 18.0 Å². The highest BCUT2D eigenvalue weighted by Crippen LogP contribution is 2.42. The number of carbonyl (C=O) groups excluding carboxylic acids is 1. The molecular weight excluding hydrogens is 308 g/mol. The van der Waals surface area contributed by atoms with E-state index < -0.39 is 17.4 Å². The van der Waals surface area contributed by atoms with Gasteiger partial charge in [-0.3, -0.25) is 14.3 Å². The van der Waals surface area contributed by atoms with E-state index in [1.54, 1.807) is 11.9 Å². The van der Waals surface area contributed by atoms with E-state index in [9.17, 15) is 14.7 Å². The number of amides is 1. The van der Waals surface area contributed by atoms with Gasteiger partial charge in [0.15, 0.2) is 0 Å². The highest BCUT2D eigenvalue weighted by Gasteiger charge is 2.55. The lowest BCUT2D eigenvalue weighted by Crippen LogP contribution is -2.56. The number of aromatic nitrogens is 2. The third kappa shape index (κ3) is 3.05. The number of carboxylic acids is 1. The summed E-state index contributed by atoms with van der Waals surface area (Å²) in [5.41, 5.74) is 0.682. The van der Waals surface area contributed by atoms with Crippen LogP contribution < -0.4 is 0 Å². The first kappa shape index (κ1) is 17.0. The van der Waals surface area contributed by atoms with Crippen molar-refractivity contribution in [3.63, 3.8) is 0 Å². The Bertz CT molecular complexity index is 619. The van der Waals surface area contributed by atoms with Gasteiger partial charge in [-0.15, -0.1) is 0 Å². The van der Waals surface area contributed by atoms with Gasteiger partial charge in [-0.05, 0) is 38.3 Å². The van der Waals surface area contributed by atoms with Crippen molar-refractivity contribution in [2.75, 3.05) is 26.7 Å². The molecule has 0 aliphatic carbocycles. The molecular formula is C17H26N4O3. The minimum absolute atomic E-state index is 0.0371. The summed E-state index contributed by atoms with van der Waals surface area (Å²) < 4.78 is 1.96. The van der Waals surface area contributed by atoms with E-state index in [-0.39, 0.29) is 12.3 Å². The molecule has 0 bridgehead atoms. The topological polar surface area (TPSA) is 78.7 Å². The van der Waals surface area contributed by atoms with Gasteiger partial charge in [-0.1, -0.05) is 0 Å². The molecule has 3 rings (SSSR count). The second-order valence-electron chi connectivity index (χ2n) is 7.13. The lowest BCUT2D eigenvalue weighted by Gasteiger charge is -2.45. The van der Waals surface area contributed by atoms with Crippen LogP contribution in [0.15, 0.2) is 12.4 Å². The molecule has 1 amide bonds. The molecule has 2 saturated heterocycles. The second kappa shape index (κ2) is 6.55. The predicted octanol–water partition coefficient (Wildman–Crippen LogP) is 0.979. The molecule has 0 radical (unpaired) electrons. The second-order valence-corrected chi connectivity index (χ2v) is 7.13. The third-order valence-electron chi connectivity index (χ3n) is 5.71. The number of aliphatic carboxylic acids is 1. The van der Waals surface area contributed by atoms with Gasteiger partial charge in [0.05, 0.1) is 17.7 Å². The summed E-state index contributed by atoms with van der Waals surface area (Å²) in [5.74, 6) is -1.44. The average molecular weight is 334 g/mol. The predicted molar refractivity (Wildman–Crippen MR) is 88.5 cm³/mol. The van der Waals surface area contributed by atoms with E-state index in [1.807, 2.05) is 24.0 Å². The molecule has 1 atom stereocenters. The van der Waals surface area contributed by atoms with Crippen molar-refractivity contribution >= 4 is 11.9 Å².